The Labute approximate surface area is 151 Å². The zero-order chi connectivity index (χ0) is 18.0. The van der Waals surface area contributed by atoms with Gasteiger partial charge in [-0.3, -0.25) is 4.79 Å². The molecule has 130 valence electrons. The van der Waals surface area contributed by atoms with E-state index >= 15 is 0 Å². The van der Waals surface area contributed by atoms with Gasteiger partial charge in [0.05, 0.1) is 16.3 Å². The maximum Gasteiger partial charge on any atom is 0.255 e. The normalized spacial score (nSPS) is 10.9. The Morgan fingerprint density at radius 3 is 2.40 bits per heavy atom. The number of aryl methyl sites for hydroxylation is 3. The summed E-state index contributed by atoms with van der Waals surface area (Å²) in [5.41, 5.74) is 4.90. The number of furan rings is 1. The minimum atomic E-state index is -0.0681. The van der Waals surface area contributed by atoms with Gasteiger partial charge in [0.25, 0.3) is 5.91 Å². The van der Waals surface area contributed by atoms with Crippen LogP contribution >= 0.6 is 11.3 Å². The van der Waals surface area contributed by atoms with Crippen LogP contribution in [0.2, 0.25) is 0 Å². The first-order valence-corrected chi connectivity index (χ1v) is 9.20. The summed E-state index contributed by atoms with van der Waals surface area (Å²) in [5, 5.41) is 6.13. The molecule has 0 bridgehead atoms. The number of amides is 1. The molecule has 0 aliphatic heterocycles. The number of aromatic nitrogens is 1. The van der Waals surface area contributed by atoms with Crippen LogP contribution in [0, 0.1) is 27.7 Å². The monoisotopic (exact) mass is 354 g/mol. The van der Waals surface area contributed by atoms with E-state index in [1.165, 1.54) is 5.56 Å². The topological polar surface area (TPSA) is 55.1 Å². The Hall–Kier alpha value is -2.40. The van der Waals surface area contributed by atoms with E-state index in [1.807, 2.05) is 27.7 Å². The lowest BCUT2D eigenvalue weighted by Crippen LogP contribution is -2.26. The summed E-state index contributed by atoms with van der Waals surface area (Å²) >= 11 is 1.66. The predicted molar refractivity (Wildman–Crippen MR) is 101 cm³/mol. The van der Waals surface area contributed by atoms with Gasteiger partial charge in [0.2, 0.25) is 0 Å². The smallest absolute Gasteiger partial charge is 0.255 e. The number of hydrogen-bond acceptors (Lipinski definition) is 4. The summed E-state index contributed by atoms with van der Waals surface area (Å²) in [6.45, 7) is 8.23. The van der Waals surface area contributed by atoms with Crippen molar-refractivity contribution in [2.24, 2.45) is 0 Å². The average molecular weight is 354 g/mol. The van der Waals surface area contributed by atoms with Crippen LogP contribution in [0.4, 0.5) is 0 Å². The lowest BCUT2D eigenvalue weighted by atomic mass is 10.1. The second kappa shape index (κ2) is 7.23. The zero-order valence-electron chi connectivity index (χ0n) is 15.0. The number of carbonyl (C=O) groups is 1. The number of carbonyl (C=O) groups excluding carboxylic acids is 1. The maximum absolute atomic E-state index is 12.4. The standard InChI is InChI=1S/C20H22N2O2S/c1-12-13(2)24-14(3)19(12)20(23)21-10-9-16-5-7-17(8-6-16)18-11-25-15(4)22-18/h5-8,11H,9-10H2,1-4H3,(H,21,23). The van der Waals surface area contributed by atoms with E-state index in [0.29, 0.717) is 17.9 Å². The molecule has 5 heteroatoms. The number of nitrogens with one attached hydrogen (secondary N) is 1. The van der Waals surface area contributed by atoms with Crippen LogP contribution in [0.1, 0.15) is 38.0 Å². The van der Waals surface area contributed by atoms with Crippen LogP contribution in [0.15, 0.2) is 34.1 Å². The third kappa shape index (κ3) is 3.82. The molecular formula is C20H22N2O2S. The molecule has 2 aromatic heterocycles. The van der Waals surface area contributed by atoms with Crippen LogP contribution in [0.5, 0.6) is 0 Å². The van der Waals surface area contributed by atoms with Gasteiger partial charge in [0.1, 0.15) is 11.5 Å². The molecule has 0 unspecified atom stereocenters. The number of thiazole rings is 1. The SMILES string of the molecule is Cc1nc(-c2ccc(CCNC(=O)c3c(C)oc(C)c3C)cc2)cs1. The fraction of sp³-hybridized carbons (Fsp3) is 0.300. The number of hydrogen-bond donors (Lipinski definition) is 1. The molecule has 0 saturated carbocycles. The first-order chi connectivity index (χ1) is 12.0. The molecule has 4 nitrogen and oxygen atoms in total. The van der Waals surface area contributed by atoms with Crippen molar-refractivity contribution in [3.05, 3.63) is 62.9 Å². The molecule has 3 aromatic rings. The summed E-state index contributed by atoms with van der Waals surface area (Å²) in [7, 11) is 0. The molecule has 0 spiro atoms. The van der Waals surface area contributed by atoms with Crippen LogP contribution < -0.4 is 5.32 Å². The molecule has 0 saturated heterocycles. The molecular weight excluding hydrogens is 332 g/mol. The number of rotatable bonds is 5. The largest absolute Gasteiger partial charge is 0.466 e. The summed E-state index contributed by atoms with van der Waals surface area (Å²) in [6.07, 6.45) is 0.789. The number of nitrogens with zero attached hydrogens (tertiary/aromatic N) is 1. The Balaban J connectivity index is 1.58. The average Bonchev–Trinajstić information content (AvgIpc) is 3.12. The van der Waals surface area contributed by atoms with Crippen molar-refractivity contribution in [3.8, 4) is 11.3 Å². The molecule has 0 aliphatic carbocycles. The lowest BCUT2D eigenvalue weighted by molar-refractivity contribution is 0.0952. The molecule has 1 amide bonds. The third-order valence-corrected chi connectivity index (χ3v) is 5.13. The van der Waals surface area contributed by atoms with Crippen molar-refractivity contribution < 1.29 is 9.21 Å². The predicted octanol–water partition coefficient (Wildman–Crippen LogP) is 4.61. The van der Waals surface area contributed by atoms with Gasteiger partial charge in [0, 0.05) is 23.1 Å². The van der Waals surface area contributed by atoms with Crippen molar-refractivity contribution in [2.75, 3.05) is 6.54 Å². The van der Waals surface area contributed by atoms with Crippen LogP contribution in [0.3, 0.4) is 0 Å². The second-order valence-electron chi connectivity index (χ2n) is 6.17. The summed E-state index contributed by atoms with van der Waals surface area (Å²) in [5.74, 6) is 1.41. The quantitative estimate of drug-likeness (QED) is 0.728. The van der Waals surface area contributed by atoms with Crippen molar-refractivity contribution in [2.45, 2.75) is 34.1 Å². The first kappa shape index (κ1) is 17.4. The van der Waals surface area contributed by atoms with Crippen molar-refractivity contribution in [3.63, 3.8) is 0 Å². The van der Waals surface area contributed by atoms with Gasteiger partial charge in [0.15, 0.2) is 0 Å². The highest BCUT2D eigenvalue weighted by Crippen LogP contribution is 2.22. The van der Waals surface area contributed by atoms with E-state index in [-0.39, 0.29) is 5.91 Å². The van der Waals surface area contributed by atoms with Gasteiger partial charge in [-0.1, -0.05) is 24.3 Å². The Morgan fingerprint density at radius 2 is 1.84 bits per heavy atom. The molecule has 0 atom stereocenters. The third-order valence-electron chi connectivity index (χ3n) is 4.36. The molecule has 0 radical (unpaired) electrons. The highest BCUT2D eigenvalue weighted by Gasteiger charge is 2.17. The van der Waals surface area contributed by atoms with Gasteiger partial charge in [-0.05, 0) is 39.7 Å². The van der Waals surface area contributed by atoms with Gasteiger partial charge >= 0.3 is 0 Å². The maximum atomic E-state index is 12.4. The minimum Gasteiger partial charge on any atom is -0.466 e. The van der Waals surface area contributed by atoms with E-state index in [9.17, 15) is 4.79 Å². The summed E-state index contributed by atoms with van der Waals surface area (Å²) in [4.78, 5) is 16.9. The lowest BCUT2D eigenvalue weighted by Gasteiger charge is -2.06. The van der Waals surface area contributed by atoms with Crippen LogP contribution in [-0.4, -0.2) is 17.4 Å². The van der Waals surface area contributed by atoms with E-state index in [4.69, 9.17) is 4.42 Å². The van der Waals surface area contributed by atoms with Gasteiger partial charge in [-0.25, -0.2) is 4.98 Å². The van der Waals surface area contributed by atoms with Gasteiger partial charge in [-0.2, -0.15) is 0 Å². The fourth-order valence-electron chi connectivity index (χ4n) is 2.87. The van der Waals surface area contributed by atoms with Crippen molar-refractivity contribution in [1.29, 1.82) is 0 Å². The molecule has 3 rings (SSSR count). The highest BCUT2D eigenvalue weighted by molar-refractivity contribution is 7.09. The summed E-state index contributed by atoms with van der Waals surface area (Å²) < 4.78 is 5.52. The highest BCUT2D eigenvalue weighted by atomic mass is 32.1. The molecule has 0 aliphatic rings. The molecule has 0 fully saturated rings. The minimum absolute atomic E-state index is 0.0681. The number of benzene rings is 1. The van der Waals surface area contributed by atoms with Crippen molar-refractivity contribution >= 4 is 17.2 Å². The second-order valence-corrected chi connectivity index (χ2v) is 7.23. The van der Waals surface area contributed by atoms with Gasteiger partial charge in [-0.15, -0.1) is 11.3 Å². The molecule has 2 heterocycles. The van der Waals surface area contributed by atoms with E-state index in [0.717, 1.165) is 34.0 Å². The van der Waals surface area contributed by atoms with Crippen LogP contribution in [-0.2, 0) is 6.42 Å². The summed E-state index contributed by atoms with van der Waals surface area (Å²) in [6, 6.07) is 8.35. The Morgan fingerprint density at radius 1 is 1.12 bits per heavy atom. The first-order valence-electron chi connectivity index (χ1n) is 8.32. The Kier molecular flexibility index (Phi) is 5.04. The molecule has 25 heavy (non-hydrogen) atoms. The molecule has 1 N–H and O–H groups in total. The van der Waals surface area contributed by atoms with Crippen molar-refractivity contribution in [1.82, 2.24) is 10.3 Å². The molecule has 1 aromatic carbocycles. The zero-order valence-corrected chi connectivity index (χ0v) is 15.8. The Bertz CT molecular complexity index is 891. The van der Waals surface area contributed by atoms with Gasteiger partial charge < -0.3 is 9.73 Å². The van der Waals surface area contributed by atoms with E-state index < -0.39 is 0 Å². The van der Waals surface area contributed by atoms with E-state index in [2.05, 4.69) is 39.9 Å². The van der Waals surface area contributed by atoms with E-state index in [1.54, 1.807) is 11.3 Å². The van der Waals surface area contributed by atoms with Crippen LogP contribution in [0.25, 0.3) is 11.3 Å². The fourth-order valence-corrected chi connectivity index (χ4v) is 3.50.